The highest BCUT2D eigenvalue weighted by molar-refractivity contribution is 6.03. The molecule has 118 valence electrons. The van der Waals surface area contributed by atoms with Crippen LogP contribution in [0.3, 0.4) is 0 Å². The zero-order chi connectivity index (χ0) is 16.4. The van der Waals surface area contributed by atoms with E-state index in [1.807, 2.05) is 62.4 Å². The fourth-order valence-corrected chi connectivity index (χ4v) is 2.52. The van der Waals surface area contributed by atoms with E-state index < -0.39 is 5.97 Å². The molecule has 0 unspecified atom stereocenters. The molecule has 4 nitrogen and oxygen atoms in total. The molecule has 3 aromatic rings. The predicted octanol–water partition coefficient (Wildman–Crippen LogP) is 4.67. The molecule has 0 aliphatic carbocycles. The summed E-state index contributed by atoms with van der Waals surface area (Å²) in [5.41, 5.74) is 2.54. The van der Waals surface area contributed by atoms with Gasteiger partial charge >= 0.3 is 5.97 Å². The van der Waals surface area contributed by atoms with Crippen molar-refractivity contribution in [2.75, 3.05) is 7.11 Å². The number of para-hydroxylation sites is 1. The summed E-state index contributed by atoms with van der Waals surface area (Å²) in [6, 6.07) is 15.6. The van der Waals surface area contributed by atoms with Gasteiger partial charge in [-0.3, -0.25) is 0 Å². The standard InChI is InChI=1S/C19H18O4/c1-12(2)22-17-15-11-7-10-14(13-8-5-4-6-9-13)16(15)23-18(17)19(20)21-3/h4-12H,1-3H3. The first kappa shape index (κ1) is 15.2. The topological polar surface area (TPSA) is 48.7 Å². The fraction of sp³-hybridized carbons (Fsp3) is 0.211. The van der Waals surface area contributed by atoms with Crippen LogP contribution in [0.4, 0.5) is 0 Å². The summed E-state index contributed by atoms with van der Waals surface area (Å²) in [6.07, 6.45) is -0.0837. The van der Waals surface area contributed by atoms with Crippen LogP contribution >= 0.6 is 0 Å². The number of carbonyl (C=O) groups is 1. The maximum Gasteiger partial charge on any atom is 0.377 e. The molecular formula is C19H18O4. The summed E-state index contributed by atoms with van der Waals surface area (Å²) in [6.45, 7) is 3.81. The van der Waals surface area contributed by atoms with Crippen molar-refractivity contribution in [2.24, 2.45) is 0 Å². The molecule has 2 aromatic carbocycles. The molecule has 3 rings (SSSR count). The van der Waals surface area contributed by atoms with Gasteiger partial charge in [-0.2, -0.15) is 0 Å². The molecule has 0 saturated heterocycles. The van der Waals surface area contributed by atoms with E-state index in [4.69, 9.17) is 13.9 Å². The molecule has 0 aliphatic heterocycles. The lowest BCUT2D eigenvalue weighted by molar-refractivity contribution is 0.0559. The average Bonchev–Trinajstić information content (AvgIpc) is 2.93. The van der Waals surface area contributed by atoms with Crippen LogP contribution in [0, 0.1) is 0 Å². The van der Waals surface area contributed by atoms with Crippen LogP contribution in [0.2, 0.25) is 0 Å². The Balaban J connectivity index is 2.26. The van der Waals surface area contributed by atoms with Crippen molar-refractivity contribution in [2.45, 2.75) is 20.0 Å². The minimum Gasteiger partial charge on any atom is -0.486 e. The number of benzene rings is 2. The second kappa shape index (κ2) is 6.16. The van der Waals surface area contributed by atoms with Crippen molar-refractivity contribution in [3.05, 3.63) is 54.3 Å². The Morgan fingerprint density at radius 3 is 2.43 bits per heavy atom. The van der Waals surface area contributed by atoms with E-state index in [2.05, 4.69) is 0 Å². The number of fused-ring (bicyclic) bond motifs is 1. The van der Waals surface area contributed by atoms with E-state index in [9.17, 15) is 4.79 Å². The van der Waals surface area contributed by atoms with Gasteiger partial charge in [-0.15, -0.1) is 0 Å². The van der Waals surface area contributed by atoms with Crippen LogP contribution in [0.15, 0.2) is 52.9 Å². The van der Waals surface area contributed by atoms with Crippen LogP contribution in [-0.4, -0.2) is 19.2 Å². The van der Waals surface area contributed by atoms with E-state index >= 15 is 0 Å². The third-order valence-corrected chi connectivity index (χ3v) is 3.48. The Kier molecular flexibility index (Phi) is 4.06. The molecule has 1 aromatic heterocycles. The van der Waals surface area contributed by atoms with Gasteiger partial charge in [0.05, 0.1) is 18.6 Å². The molecule has 0 fully saturated rings. The van der Waals surface area contributed by atoms with Crippen LogP contribution in [0.25, 0.3) is 22.1 Å². The zero-order valence-electron chi connectivity index (χ0n) is 13.3. The lowest BCUT2D eigenvalue weighted by atomic mass is 10.0. The van der Waals surface area contributed by atoms with E-state index in [-0.39, 0.29) is 11.9 Å². The van der Waals surface area contributed by atoms with Gasteiger partial charge in [-0.25, -0.2) is 4.79 Å². The van der Waals surface area contributed by atoms with Crippen LogP contribution in [0.5, 0.6) is 5.75 Å². The van der Waals surface area contributed by atoms with Gasteiger partial charge in [0.2, 0.25) is 0 Å². The molecule has 0 bridgehead atoms. The second-order valence-electron chi connectivity index (χ2n) is 5.47. The number of rotatable bonds is 4. The fourth-order valence-electron chi connectivity index (χ4n) is 2.52. The smallest absolute Gasteiger partial charge is 0.377 e. The first-order valence-electron chi connectivity index (χ1n) is 7.47. The molecule has 0 aliphatic rings. The Morgan fingerprint density at radius 1 is 1.04 bits per heavy atom. The number of methoxy groups -OCH3 is 1. The summed E-state index contributed by atoms with van der Waals surface area (Å²) in [5, 5.41) is 0.764. The molecule has 0 N–H and O–H groups in total. The van der Waals surface area contributed by atoms with E-state index in [1.54, 1.807) is 0 Å². The first-order chi connectivity index (χ1) is 11.1. The van der Waals surface area contributed by atoms with Gasteiger partial charge in [-0.05, 0) is 25.5 Å². The molecule has 0 radical (unpaired) electrons. The maximum atomic E-state index is 12.0. The summed E-state index contributed by atoms with van der Waals surface area (Å²) < 4.78 is 16.5. The molecule has 0 saturated carbocycles. The summed E-state index contributed by atoms with van der Waals surface area (Å²) in [7, 11) is 1.33. The molecule has 23 heavy (non-hydrogen) atoms. The molecular weight excluding hydrogens is 292 g/mol. The number of hydrogen-bond donors (Lipinski definition) is 0. The van der Waals surface area contributed by atoms with Gasteiger partial charge in [-0.1, -0.05) is 42.5 Å². The van der Waals surface area contributed by atoms with Crippen LogP contribution < -0.4 is 4.74 Å². The number of carbonyl (C=O) groups excluding carboxylic acids is 1. The molecule has 1 heterocycles. The monoisotopic (exact) mass is 310 g/mol. The SMILES string of the molecule is COC(=O)c1oc2c(-c3ccccc3)cccc2c1OC(C)C. The lowest BCUT2D eigenvalue weighted by Crippen LogP contribution is -2.09. The highest BCUT2D eigenvalue weighted by Gasteiger charge is 2.25. The summed E-state index contributed by atoms with van der Waals surface area (Å²) in [5.74, 6) is -0.0185. The minimum atomic E-state index is -0.545. The molecule has 0 spiro atoms. The van der Waals surface area contributed by atoms with Gasteiger partial charge in [0.15, 0.2) is 5.75 Å². The minimum absolute atomic E-state index is 0.0837. The van der Waals surface area contributed by atoms with E-state index in [1.165, 1.54) is 7.11 Å². The molecule has 0 amide bonds. The van der Waals surface area contributed by atoms with Gasteiger partial charge in [0.25, 0.3) is 5.76 Å². The quantitative estimate of drug-likeness (QED) is 0.657. The third kappa shape index (κ3) is 2.80. The molecule has 0 atom stereocenters. The lowest BCUT2D eigenvalue weighted by Gasteiger charge is -2.09. The van der Waals surface area contributed by atoms with Crippen molar-refractivity contribution >= 4 is 16.9 Å². The van der Waals surface area contributed by atoms with Crippen molar-refractivity contribution < 1.29 is 18.7 Å². The Labute approximate surface area is 134 Å². The Morgan fingerprint density at radius 2 is 1.78 bits per heavy atom. The van der Waals surface area contributed by atoms with Crippen LogP contribution in [-0.2, 0) is 4.74 Å². The average molecular weight is 310 g/mol. The third-order valence-electron chi connectivity index (χ3n) is 3.48. The van der Waals surface area contributed by atoms with Crippen molar-refractivity contribution in [1.29, 1.82) is 0 Å². The second-order valence-corrected chi connectivity index (χ2v) is 5.47. The number of furan rings is 1. The van der Waals surface area contributed by atoms with Crippen molar-refractivity contribution in [3.63, 3.8) is 0 Å². The summed E-state index contributed by atoms with van der Waals surface area (Å²) >= 11 is 0. The maximum absolute atomic E-state index is 12.0. The molecule has 4 heteroatoms. The van der Waals surface area contributed by atoms with Gasteiger partial charge < -0.3 is 13.9 Å². The number of esters is 1. The highest BCUT2D eigenvalue weighted by atomic mass is 16.5. The number of hydrogen-bond acceptors (Lipinski definition) is 4. The Hall–Kier alpha value is -2.75. The van der Waals surface area contributed by atoms with Crippen molar-refractivity contribution in [1.82, 2.24) is 0 Å². The predicted molar refractivity (Wildman–Crippen MR) is 88.8 cm³/mol. The number of ether oxygens (including phenoxy) is 2. The van der Waals surface area contributed by atoms with E-state index in [0.717, 1.165) is 16.5 Å². The summed E-state index contributed by atoms with van der Waals surface area (Å²) in [4.78, 5) is 12.0. The largest absolute Gasteiger partial charge is 0.486 e. The van der Waals surface area contributed by atoms with Gasteiger partial charge in [0, 0.05) is 5.56 Å². The highest BCUT2D eigenvalue weighted by Crippen LogP contribution is 2.39. The zero-order valence-corrected chi connectivity index (χ0v) is 13.3. The van der Waals surface area contributed by atoms with Gasteiger partial charge in [0.1, 0.15) is 5.58 Å². The Bertz CT molecular complexity index is 831. The van der Waals surface area contributed by atoms with E-state index in [0.29, 0.717) is 11.3 Å². The van der Waals surface area contributed by atoms with Crippen molar-refractivity contribution in [3.8, 4) is 16.9 Å². The first-order valence-corrected chi connectivity index (χ1v) is 7.47. The normalized spacial score (nSPS) is 11.0. The van der Waals surface area contributed by atoms with Crippen LogP contribution in [0.1, 0.15) is 24.4 Å².